The average molecular weight is 407 g/mol. The van der Waals surface area contributed by atoms with Gasteiger partial charge in [-0.25, -0.2) is 4.79 Å². The minimum atomic E-state index is -0.495. The Balaban J connectivity index is 2.09. The molecule has 0 aliphatic heterocycles. The lowest BCUT2D eigenvalue weighted by Gasteiger charge is -2.06. The molecule has 8 heteroatoms. The van der Waals surface area contributed by atoms with Crippen LogP contribution in [0.5, 0.6) is 0 Å². The normalized spacial score (nSPS) is 10.3. The Morgan fingerprint density at radius 3 is 2.52 bits per heavy atom. The Bertz CT molecular complexity index is 819. The number of thiophene rings is 1. The van der Waals surface area contributed by atoms with Gasteiger partial charge < -0.3 is 15.4 Å². The van der Waals surface area contributed by atoms with Gasteiger partial charge in [0, 0.05) is 24.1 Å². The third-order valence-electron chi connectivity index (χ3n) is 3.66. The van der Waals surface area contributed by atoms with E-state index >= 15 is 0 Å². The zero-order valence-corrected chi connectivity index (χ0v) is 17.1. The third kappa shape index (κ3) is 5.58. The number of amides is 2. The van der Waals surface area contributed by atoms with Crippen molar-refractivity contribution in [2.45, 2.75) is 25.2 Å². The maximum absolute atomic E-state index is 12.3. The van der Waals surface area contributed by atoms with E-state index in [1.807, 2.05) is 30.3 Å². The summed E-state index contributed by atoms with van der Waals surface area (Å²) in [7, 11) is 1.51. The number of rotatable bonds is 8. The minimum Gasteiger partial charge on any atom is -0.462 e. The summed E-state index contributed by atoms with van der Waals surface area (Å²) < 4.78 is 5.03. The molecule has 0 radical (unpaired) electrons. The smallest absolute Gasteiger partial charge is 0.348 e. The Morgan fingerprint density at radius 1 is 1.19 bits per heavy atom. The maximum Gasteiger partial charge on any atom is 0.348 e. The first-order valence-electron chi connectivity index (χ1n) is 8.48. The second kappa shape index (κ2) is 10.1. The number of hydrogen-bond donors (Lipinski definition) is 2. The van der Waals surface area contributed by atoms with E-state index in [2.05, 4.69) is 10.6 Å². The molecule has 0 aliphatic carbocycles. The molecule has 2 amide bonds. The molecule has 0 atom stereocenters. The standard InChI is InChI=1S/C19H22N2O4S2/c1-4-25-19(24)16-12(2)15(17(23)20-3)18(27-16)21-14(22)10-11-26-13-8-6-5-7-9-13/h5-9H,4,10-11H2,1-3H3,(H,20,23)(H,21,22). The molecule has 0 aliphatic rings. The van der Waals surface area contributed by atoms with Crippen LogP contribution in [0, 0.1) is 6.92 Å². The molecule has 2 rings (SSSR count). The zero-order valence-electron chi connectivity index (χ0n) is 15.5. The van der Waals surface area contributed by atoms with E-state index in [9.17, 15) is 14.4 Å². The Kier molecular flexibility index (Phi) is 7.87. The van der Waals surface area contributed by atoms with Gasteiger partial charge in [0.2, 0.25) is 5.91 Å². The maximum atomic E-state index is 12.3. The van der Waals surface area contributed by atoms with E-state index in [-0.39, 0.29) is 18.4 Å². The summed E-state index contributed by atoms with van der Waals surface area (Å²) in [5.74, 6) is -0.445. The van der Waals surface area contributed by atoms with Crippen molar-refractivity contribution in [3.05, 3.63) is 46.3 Å². The fourth-order valence-corrected chi connectivity index (χ4v) is 4.35. The highest BCUT2D eigenvalue weighted by Crippen LogP contribution is 2.34. The van der Waals surface area contributed by atoms with Gasteiger partial charge in [-0.3, -0.25) is 9.59 Å². The predicted octanol–water partition coefficient (Wildman–Crippen LogP) is 3.71. The van der Waals surface area contributed by atoms with E-state index < -0.39 is 5.97 Å². The van der Waals surface area contributed by atoms with Crippen LogP contribution < -0.4 is 10.6 Å². The number of ether oxygens (including phenoxy) is 1. The zero-order chi connectivity index (χ0) is 19.8. The molecule has 0 unspecified atom stereocenters. The first-order chi connectivity index (χ1) is 13.0. The molecule has 0 spiro atoms. The van der Waals surface area contributed by atoms with Gasteiger partial charge in [-0.05, 0) is 31.5 Å². The summed E-state index contributed by atoms with van der Waals surface area (Å²) in [6, 6.07) is 9.81. The van der Waals surface area contributed by atoms with E-state index in [0.717, 1.165) is 16.2 Å². The Hall–Kier alpha value is -2.32. The van der Waals surface area contributed by atoms with Crippen molar-refractivity contribution in [2.24, 2.45) is 0 Å². The number of carbonyl (C=O) groups excluding carboxylic acids is 3. The van der Waals surface area contributed by atoms with Crippen LogP contribution in [0.3, 0.4) is 0 Å². The molecule has 1 heterocycles. The van der Waals surface area contributed by atoms with Crippen LogP contribution in [0.1, 0.15) is 38.9 Å². The van der Waals surface area contributed by atoms with Crippen molar-refractivity contribution < 1.29 is 19.1 Å². The molecule has 0 saturated heterocycles. The predicted molar refractivity (Wildman–Crippen MR) is 109 cm³/mol. The molecule has 27 heavy (non-hydrogen) atoms. The van der Waals surface area contributed by atoms with Gasteiger partial charge in [-0.15, -0.1) is 23.1 Å². The number of nitrogens with one attached hydrogen (secondary N) is 2. The highest BCUT2D eigenvalue weighted by Gasteiger charge is 2.25. The molecule has 2 N–H and O–H groups in total. The molecule has 0 bridgehead atoms. The van der Waals surface area contributed by atoms with Crippen LogP contribution in [0.25, 0.3) is 0 Å². The van der Waals surface area contributed by atoms with Crippen molar-refractivity contribution >= 4 is 45.9 Å². The summed E-state index contributed by atoms with van der Waals surface area (Å²) >= 11 is 2.65. The van der Waals surface area contributed by atoms with Crippen LogP contribution in [0.15, 0.2) is 35.2 Å². The number of anilines is 1. The van der Waals surface area contributed by atoms with Crippen LogP contribution >= 0.6 is 23.1 Å². The molecule has 2 aromatic rings. The van der Waals surface area contributed by atoms with E-state index in [1.165, 1.54) is 7.05 Å². The summed E-state index contributed by atoms with van der Waals surface area (Å²) in [6.45, 7) is 3.63. The summed E-state index contributed by atoms with van der Waals surface area (Å²) in [5, 5.41) is 5.68. The Morgan fingerprint density at radius 2 is 1.89 bits per heavy atom. The molecular weight excluding hydrogens is 384 g/mol. The van der Waals surface area contributed by atoms with Crippen molar-refractivity contribution in [3.8, 4) is 0 Å². The highest BCUT2D eigenvalue weighted by molar-refractivity contribution is 7.99. The summed E-state index contributed by atoms with van der Waals surface area (Å²) in [5.41, 5.74) is 0.807. The van der Waals surface area contributed by atoms with Crippen LogP contribution in [0.2, 0.25) is 0 Å². The van der Waals surface area contributed by atoms with Crippen LogP contribution in [-0.2, 0) is 9.53 Å². The minimum absolute atomic E-state index is 0.208. The number of benzene rings is 1. The van der Waals surface area contributed by atoms with Gasteiger partial charge >= 0.3 is 5.97 Å². The SMILES string of the molecule is CCOC(=O)c1sc(NC(=O)CCSc2ccccc2)c(C(=O)NC)c1C. The summed E-state index contributed by atoms with van der Waals surface area (Å²) in [6.07, 6.45) is 0.290. The van der Waals surface area contributed by atoms with Gasteiger partial charge in [-0.1, -0.05) is 18.2 Å². The monoisotopic (exact) mass is 406 g/mol. The highest BCUT2D eigenvalue weighted by atomic mass is 32.2. The molecule has 6 nitrogen and oxygen atoms in total. The lowest BCUT2D eigenvalue weighted by atomic mass is 10.1. The molecule has 1 aromatic heterocycles. The number of carbonyl (C=O) groups is 3. The van der Waals surface area contributed by atoms with E-state index in [1.54, 1.807) is 25.6 Å². The van der Waals surface area contributed by atoms with Gasteiger partial charge in [0.25, 0.3) is 5.91 Å². The topological polar surface area (TPSA) is 84.5 Å². The van der Waals surface area contributed by atoms with Gasteiger partial charge in [0.1, 0.15) is 9.88 Å². The lowest BCUT2D eigenvalue weighted by Crippen LogP contribution is -2.21. The molecular formula is C19H22N2O4S2. The number of esters is 1. The first kappa shape index (κ1) is 21.0. The van der Waals surface area contributed by atoms with Crippen molar-refractivity contribution in [1.29, 1.82) is 0 Å². The number of hydrogen-bond acceptors (Lipinski definition) is 6. The van der Waals surface area contributed by atoms with E-state index in [0.29, 0.717) is 33.2 Å². The fourth-order valence-electron chi connectivity index (χ4n) is 2.36. The number of thioether (sulfide) groups is 1. The van der Waals surface area contributed by atoms with Crippen molar-refractivity contribution in [1.82, 2.24) is 5.32 Å². The molecule has 0 fully saturated rings. The first-order valence-corrected chi connectivity index (χ1v) is 10.3. The van der Waals surface area contributed by atoms with Gasteiger partial charge in [0.15, 0.2) is 0 Å². The van der Waals surface area contributed by atoms with Crippen molar-refractivity contribution in [2.75, 3.05) is 24.7 Å². The fraction of sp³-hybridized carbons (Fsp3) is 0.316. The second-order valence-electron chi connectivity index (χ2n) is 5.52. The van der Waals surface area contributed by atoms with Gasteiger partial charge in [0.05, 0.1) is 12.2 Å². The van der Waals surface area contributed by atoms with Gasteiger partial charge in [-0.2, -0.15) is 0 Å². The lowest BCUT2D eigenvalue weighted by molar-refractivity contribution is -0.115. The largest absolute Gasteiger partial charge is 0.462 e. The quantitative estimate of drug-likeness (QED) is 0.516. The Labute approximate surface area is 166 Å². The summed E-state index contributed by atoms with van der Waals surface area (Å²) in [4.78, 5) is 38.0. The van der Waals surface area contributed by atoms with Crippen LogP contribution in [-0.4, -0.2) is 37.2 Å². The molecule has 0 saturated carbocycles. The molecule has 144 valence electrons. The van der Waals surface area contributed by atoms with Crippen molar-refractivity contribution in [3.63, 3.8) is 0 Å². The van der Waals surface area contributed by atoms with E-state index in [4.69, 9.17) is 4.74 Å². The third-order valence-corrected chi connectivity index (χ3v) is 5.86. The second-order valence-corrected chi connectivity index (χ2v) is 7.71. The molecule has 1 aromatic carbocycles. The average Bonchev–Trinajstić information content (AvgIpc) is 2.98. The van der Waals surface area contributed by atoms with Crippen LogP contribution in [0.4, 0.5) is 5.00 Å².